The Bertz CT molecular complexity index is 1720. The third-order valence-electron chi connectivity index (χ3n) is 8.34. The third-order valence-corrected chi connectivity index (χ3v) is 9.58. The van der Waals surface area contributed by atoms with Crippen LogP contribution in [0.15, 0.2) is 72.1 Å². The van der Waals surface area contributed by atoms with E-state index in [2.05, 4.69) is 22.2 Å². The normalized spacial score (nSPS) is 17.1. The Morgan fingerprint density at radius 1 is 0.978 bits per heavy atom. The summed E-state index contributed by atoms with van der Waals surface area (Å²) in [5.74, 6) is -1.18. The molecule has 3 aromatic carbocycles. The molecule has 1 unspecified atom stereocenters. The van der Waals surface area contributed by atoms with Gasteiger partial charge in [-0.15, -0.1) is 24.5 Å². The van der Waals surface area contributed by atoms with Gasteiger partial charge in [-0.05, 0) is 60.7 Å². The molecule has 3 heterocycles. The Hall–Kier alpha value is -4.09. The number of nitrogens with zero attached hydrogens (tertiary/aromatic N) is 3. The lowest BCUT2D eigenvalue weighted by Crippen LogP contribution is -2.41. The number of nitrogens with one attached hydrogen (secondary N) is 1. The number of hydrogen-bond donors (Lipinski definition) is 1. The van der Waals surface area contributed by atoms with Crippen molar-refractivity contribution < 1.29 is 27.5 Å². The van der Waals surface area contributed by atoms with Gasteiger partial charge in [-0.3, -0.25) is 9.59 Å². The maximum absolute atomic E-state index is 14.1. The summed E-state index contributed by atoms with van der Waals surface area (Å²) < 4.78 is 42.7. The number of likely N-dealkylation sites (tertiary alicyclic amines) is 1. The SMILES string of the molecule is CNc1ccc(Cl)cc1C1c2ccccc2CCN1C(=O)c1csc(C2CCN(C(=O)c3ccccc3OC(F)(F)F)CC2)n1. The average Bonchev–Trinajstić information content (AvgIpc) is 3.54. The van der Waals surface area contributed by atoms with Gasteiger partial charge < -0.3 is 19.9 Å². The van der Waals surface area contributed by atoms with E-state index < -0.39 is 18.0 Å². The molecule has 12 heteroatoms. The first-order chi connectivity index (χ1) is 21.6. The number of halogens is 4. The van der Waals surface area contributed by atoms with Crippen LogP contribution < -0.4 is 10.1 Å². The van der Waals surface area contributed by atoms with Crippen LogP contribution in [0.3, 0.4) is 0 Å². The minimum Gasteiger partial charge on any atom is -0.405 e. The van der Waals surface area contributed by atoms with Gasteiger partial charge in [0, 0.05) is 54.3 Å². The quantitative estimate of drug-likeness (QED) is 0.233. The first-order valence-corrected chi connectivity index (χ1v) is 15.8. The fourth-order valence-corrected chi connectivity index (χ4v) is 7.33. The highest BCUT2D eigenvalue weighted by Crippen LogP contribution is 2.41. The first-order valence-electron chi connectivity index (χ1n) is 14.6. The van der Waals surface area contributed by atoms with Crippen LogP contribution in [0.5, 0.6) is 5.75 Å². The number of carbonyl (C=O) groups is 2. The Morgan fingerprint density at radius 3 is 2.47 bits per heavy atom. The number of benzene rings is 3. The molecule has 0 radical (unpaired) electrons. The van der Waals surface area contributed by atoms with Crippen LogP contribution in [-0.2, 0) is 6.42 Å². The van der Waals surface area contributed by atoms with Crippen LogP contribution >= 0.6 is 22.9 Å². The highest BCUT2D eigenvalue weighted by molar-refractivity contribution is 7.09. The largest absolute Gasteiger partial charge is 0.573 e. The maximum atomic E-state index is 14.1. The summed E-state index contributed by atoms with van der Waals surface area (Å²) in [4.78, 5) is 35.4. The molecule has 7 nitrogen and oxygen atoms in total. The Kier molecular flexibility index (Phi) is 8.74. The smallest absolute Gasteiger partial charge is 0.405 e. The molecule has 0 saturated carbocycles. The lowest BCUT2D eigenvalue weighted by Gasteiger charge is -2.38. The van der Waals surface area contributed by atoms with Gasteiger partial charge in [0.15, 0.2) is 0 Å². The number of anilines is 1. The second-order valence-electron chi connectivity index (χ2n) is 11.0. The van der Waals surface area contributed by atoms with Crippen molar-refractivity contribution in [2.75, 3.05) is 32.0 Å². The second kappa shape index (κ2) is 12.7. The van der Waals surface area contributed by atoms with Crippen LogP contribution in [0.4, 0.5) is 18.9 Å². The molecule has 1 saturated heterocycles. The number of ether oxygens (including phenoxy) is 1. The van der Waals surface area contributed by atoms with E-state index >= 15 is 0 Å². The van der Waals surface area contributed by atoms with Gasteiger partial charge in [-0.2, -0.15) is 0 Å². The van der Waals surface area contributed by atoms with Gasteiger partial charge in [-0.25, -0.2) is 4.98 Å². The van der Waals surface area contributed by atoms with Crippen LogP contribution in [0.2, 0.25) is 5.02 Å². The van der Waals surface area contributed by atoms with Crippen LogP contribution in [0, 0.1) is 0 Å². The molecule has 2 aliphatic heterocycles. The molecule has 1 N–H and O–H groups in total. The molecule has 1 aromatic heterocycles. The van der Waals surface area contributed by atoms with E-state index in [1.807, 2.05) is 42.3 Å². The Balaban J connectivity index is 1.19. The molecule has 0 aliphatic carbocycles. The molecule has 1 atom stereocenters. The highest BCUT2D eigenvalue weighted by Gasteiger charge is 2.36. The lowest BCUT2D eigenvalue weighted by molar-refractivity contribution is -0.274. The number of hydrogen-bond acceptors (Lipinski definition) is 6. The number of piperidine rings is 1. The Morgan fingerprint density at radius 2 is 1.71 bits per heavy atom. The summed E-state index contributed by atoms with van der Waals surface area (Å²) in [6, 6.07) is 18.8. The predicted molar refractivity (Wildman–Crippen MR) is 167 cm³/mol. The topological polar surface area (TPSA) is 74.8 Å². The predicted octanol–water partition coefficient (Wildman–Crippen LogP) is 7.54. The number of amides is 2. The van der Waals surface area contributed by atoms with Gasteiger partial charge >= 0.3 is 6.36 Å². The van der Waals surface area contributed by atoms with Crippen molar-refractivity contribution >= 4 is 40.4 Å². The van der Waals surface area contributed by atoms with E-state index in [0.29, 0.717) is 49.6 Å². The minimum absolute atomic E-state index is 0.0176. The summed E-state index contributed by atoms with van der Waals surface area (Å²) >= 11 is 7.85. The number of alkyl halides is 3. The molecule has 234 valence electrons. The zero-order chi connectivity index (χ0) is 31.7. The molecular weight excluding hydrogens is 625 g/mol. The summed E-state index contributed by atoms with van der Waals surface area (Å²) in [7, 11) is 1.84. The van der Waals surface area contributed by atoms with Crippen molar-refractivity contribution in [3.8, 4) is 5.75 Å². The van der Waals surface area contributed by atoms with Crippen molar-refractivity contribution in [2.24, 2.45) is 0 Å². The van der Waals surface area contributed by atoms with E-state index in [1.54, 1.807) is 5.38 Å². The van der Waals surface area contributed by atoms with E-state index in [4.69, 9.17) is 16.6 Å². The van der Waals surface area contributed by atoms with Gasteiger partial charge in [-0.1, -0.05) is 48.0 Å². The van der Waals surface area contributed by atoms with Crippen molar-refractivity contribution in [3.05, 3.63) is 110 Å². The summed E-state index contributed by atoms with van der Waals surface area (Å²) in [6.07, 6.45) is -3.04. The molecule has 6 rings (SSSR count). The number of para-hydroxylation sites is 1. The summed E-state index contributed by atoms with van der Waals surface area (Å²) in [6.45, 7) is 1.21. The zero-order valence-corrected chi connectivity index (χ0v) is 25.9. The molecule has 0 bridgehead atoms. The molecular formula is C33H30ClF3N4O3S. The number of thiazole rings is 1. The van der Waals surface area contributed by atoms with E-state index in [-0.39, 0.29) is 23.4 Å². The molecule has 45 heavy (non-hydrogen) atoms. The third kappa shape index (κ3) is 6.50. The average molecular weight is 655 g/mol. The monoisotopic (exact) mass is 654 g/mol. The lowest BCUT2D eigenvalue weighted by atomic mass is 9.87. The zero-order valence-electron chi connectivity index (χ0n) is 24.3. The molecule has 1 fully saturated rings. The molecule has 4 aromatic rings. The maximum Gasteiger partial charge on any atom is 0.573 e. The number of aromatic nitrogens is 1. The molecule has 2 aliphatic rings. The van der Waals surface area contributed by atoms with Gasteiger partial charge in [0.2, 0.25) is 0 Å². The van der Waals surface area contributed by atoms with Crippen molar-refractivity contribution in [2.45, 2.75) is 37.6 Å². The molecule has 2 amide bonds. The minimum atomic E-state index is -4.90. The molecule has 0 spiro atoms. The van der Waals surface area contributed by atoms with Crippen LogP contribution in [-0.4, -0.2) is 59.6 Å². The van der Waals surface area contributed by atoms with Gasteiger partial charge in [0.05, 0.1) is 16.6 Å². The van der Waals surface area contributed by atoms with Gasteiger partial charge in [0.1, 0.15) is 11.4 Å². The standard InChI is InChI=1S/C33H30ClF3N4O3S/c1-38-26-11-10-22(34)18-25(26)29-23-7-3-2-6-20(23)14-17-41(29)32(43)27-19-45-30(39-27)21-12-15-40(16-13-21)31(42)24-8-4-5-9-28(24)44-33(35,36)37/h2-11,18-19,21,29,38H,12-17H2,1H3. The highest BCUT2D eigenvalue weighted by atomic mass is 35.5. The first kappa shape index (κ1) is 30.9. The number of rotatable bonds is 6. The van der Waals surface area contributed by atoms with E-state index in [0.717, 1.165) is 27.9 Å². The van der Waals surface area contributed by atoms with Crippen LogP contribution in [0.25, 0.3) is 0 Å². The summed E-state index contributed by atoms with van der Waals surface area (Å²) in [5, 5.41) is 6.41. The van der Waals surface area contributed by atoms with Crippen molar-refractivity contribution in [1.29, 1.82) is 0 Å². The summed E-state index contributed by atoms with van der Waals surface area (Å²) in [5.41, 5.74) is 4.25. The number of carbonyl (C=O) groups excluding carboxylic acids is 2. The van der Waals surface area contributed by atoms with E-state index in [9.17, 15) is 22.8 Å². The van der Waals surface area contributed by atoms with Crippen LogP contribution in [0.1, 0.15) is 67.3 Å². The van der Waals surface area contributed by atoms with Crippen molar-refractivity contribution in [1.82, 2.24) is 14.8 Å². The van der Waals surface area contributed by atoms with Crippen molar-refractivity contribution in [3.63, 3.8) is 0 Å². The Labute approximate surface area is 267 Å². The number of fused-ring (bicyclic) bond motifs is 1. The fourth-order valence-electron chi connectivity index (χ4n) is 6.19. The second-order valence-corrected chi connectivity index (χ2v) is 12.3. The fraction of sp³-hybridized carbons (Fsp3) is 0.303. The van der Waals surface area contributed by atoms with Gasteiger partial charge in [0.25, 0.3) is 11.8 Å². The van der Waals surface area contributed by atoms with E-state index in [1.165, 1.54) is 40.0 Å².